The summed E-state index contributed by atoms with van der Waals surface area (Å²) in [7, 11) is 0. The minimum absolute atomic E-state index is 0. The lowest BCUT2D eigenvalue weighted by Crippen LogP contribution is -2.55. The Balaban J connectivity index is 0.00000162. The number of thiazole rings is 1. The molecule has 4 nitrogen and oxygen atoms in total. The molecule has 0 spiro atoms. The number of carbonyl (C=O) groups excluding carboxylic acids is 1. The summed E-state index contributed by atoms with van der Waals surface area (Å²) in [4.78, 5) is 17.0. The number of aromatic nitrogens is 1. The Kier molecular flexibility index (Phi) is 7.89. The van der Waals surface area contributed by atoms with Gasteiger partial charge in [0.15, 0.2) is 0 Å². The molecule has 0 aromatic carbocycles. The zero-order chi connectivity index (χ0) is 12.4. The van der Waals surface area contributed by atoms with E-state index in [-0.39, 0.29) is 36.8 Å². The SMILES string of the molecule is Cc1ncsc1C(=O)NC1C(C)CCNC1C.Cl.Cl. The van der Waals surface area contributed by atoms with E-state index in [9.17, 15) is 4.79 Å². The van der Waals surface area contributed by atoms with Crippen LogP contribution in [0.25, 0.3) is 0 Å². The van der Waals surface area contributed by atoms with Gasteiger partial charge in [-0.1, -0.05) is 6.92 Å². The van der Waals surface area contributed by atoms with E-state index < -0.39 is 0 Å². The van der Waals surface area contributed by atoms with E-state index in [2.05, 4.69) is 29.5 Å². The molecule has 1 aliphatic rings. The summed E-state index contributed by atoms with van der Waals surface area (Å²) in [5.41, 5.74) is 2.53. The van der Waals surface area contributed by atoms with Gasteiger partial charge in [0.1, 0.15) is 4.88 Å². The van der Waals surface area contributed by atoms with Crippen LogP contribution >= 0.6 is 36.2 Å². The number of hydrogen-bond acceptors (Lipinski definition) is 4. The molecule has 110 valence electrons. The highest BCUT2D eigenvalue weighted by Gasteiger charge is 2.29. The van der Waals surface area contributed by atoms with Crippen LogP contribution in [0.15, 0.2) is 5.51 Å². The first-order chi connectivity index (χ1) is 8.09. The van der Waals surface area contributed by atoms with Crippen LogP contribution in [-0.2, 0) is 0 Å². The molecule has 1 aromatic heterocycles. The minimum atomic E-state index is 0. The minimum Gasteiger partial charge on any atom is -0.347 e. The highest BCUT2D eigenvalue weighted by molar-refractivity contribution is 7.11. The van der Waals surface area contributed by atoms with Crippen molar-refractivity contribution < 1.29 is 4.79 Å². The van der Waals surface area contributed by atoms with Gasteiger partial charge in [-0.2, -0.15) is 0 Å². The third-order valence-corrected chi connectivity index (χ3v) is 4.39. The molecule has 2 N–H and O–H groups in total. The van der Waals surface area contributed by atoms with Crippen LogP contribution in [0.5, 0.6) is 0 Å². The molecule has 3 atom stereocenters. The number of amides is 1. The largest absolute Gasteiger partial charge is 0.347 e. The van der Waals surface area contributed by atoms with Crippen LogP contribution in [0, 0.1) is 12.8 Å². The molecule has 1 aromatic rings. The molecular weight excluding hydrogens is 305 g/mol. The van der Waals surface area contributed by atoms with Crippen LogP contribution < -0.4 is 10.6 Å². The standard InChI is InChI=1S/C12H19N3OS.2ClH/c1-7-4-5-13-8(2)10(7)15-12(16)11-9(3)14-6-17-11;;/h6-8,10,13H,4-5H2,1-3H3,(H,15,16);2*1H. The van der Waals surface area contributed by atoms with E-state index in [0.717, 1.165) is 23.5 Å². The molecule has 2 rings (SSSR count). The molecule has 1 saturated heterocycles. The Hall–Kier alpha value is -0.360. The van der Waals surface area contributed by atoms with E-state index in [1.165, 1.54) is 11.3 Å². The number of piperidine rings is 1. The molecule has 1 aliphatic heterocycles. The van der Waals surface area contributed by atoms with E-state index in [1.807, 2.05) is 6.92 Å². The molecule has 0 bridgehead atoms. The summed E-state index contributed by atoms with van der Waals surface area (Å²) in [6, 6.07) is 0.536. The summed E-state index contributed by atoms with van der Waals surface area (Å²) in [6.07, 6.45) is 1.11. The number of nitrogens with one attached hydrogen (secondary N) is 2. The van der Waals surface area contributed by atoms with Crippen molar-refractivity contribution in [3.05, 3.63) is 16.1 Å². The van der Waals surface area contributed by atoms with Crippen molar-refractivity contribution in [1.82, 2.24) is 15.6 Å². The van der Waals surface area contributed by atoms with Crippen molar-refractivity contribution in [2.45, 2.75) is 39.3 Å². The van der Waals surface area contributed by atoms with Crippen LogP contribution in [0.4, 0.5) is 0 Å². The zero-order valence-corrected chi connectivity index (χ0v) is 13.8. The summed E-state index contributed by atoms with van der Waals surface area (Å²) in [6.45, 7) is 7.23. The van der Waals surface area contributed by atoms with Gasteiger partial charge in [0.25, 0.3) is 5.91 Å². The van der Waals surface area contributed by atoms with E-state index in [0.29, 0.717) is 12.0 Å². The molecular formula is C12H21Cl2N3OS. The smallest absolute Gasteiger partial charge is 0.263 e. The molecule has 3 unspecified atom stereocenters. The summed E-state index contributed by atoms with van der Waals surface area (Å²) in [5, 5.41) is 6.53. The van der Waals surface area contributed by atoms with Crippen molar-refractivity contribution in [3.8, 4) is 0 Å². The topological polar surface area (TPSA) is 54.0 Å². The Morgan fingerprint density at radius 2 is 2.16 bits per heavy atom. The molecule has 0 radical (unpaired) electrons. The first-order valence-corrected chi connectivity index (χ1v) is 6.92. The Labute approximate surface area is 130 Å². The van der Waals surface area contributed by atoms with Gasteiger partial charge in [0.2, 0.25) is 0 Å². The van der Waals surface area contributed by atoms with Gasteiger partial charge in [-0.3, -0.25) is 4.79 Å². The maximum Gasteiger partial charge on any atom is 0.263 e. The van der Waals surface area contributed by atoms with Crippen LogP contribution in [0.1, 0.15) is 35.6 Å². The van der Waals surface area contributed by atoms with Gasteiger partial charge < -0.3 is 10.6 Å². The normalized spacial score (nSPS) is 25.9. The molecule has 19 heavy (non-hydrogen) atoms. The second-order valence-electron chi connectivity index (χ2n) is 4.77. The third-order valence-electron chi connectivity index (χ3n) is 3.47. The maximum absolute atomic E-state index is 12.1. The number of rotatable bonds is 2. The number of carbonyl (C=O) groups is 1. The molecule has 0 aliphatic carbocycles. The van der Waals surface area contributed by atoms with E-state index >= 15 is 0 Å². The molecule has 1 fully saturated rings. The van der Waals surface area contributed by atoms with Crippen molar-refractivity contribution >= 4 is 42.1 Å². The van der Waals surface area contributed by atoms with Gasteiger partial charge in [-0.05, 0) is 32.7 Å². The first kappa shape index (κ1) is 18.6. The predicted octanol–water partition coefficient (Wildman–Crippen LogP) is 2.41. The Morgan fingerprint density at radius 3 is 2.68 bits per heavy atom. The fourth-order valence-corrected chi connectivity index (χ4v) is 3.05. The van der Waals surface area contributed by atoms with E-state index in [1.54, 1.807) is 5.51 Å². The average Bonchev–Trinajstić information content (AvgIpc) is 2.70. The second kappa shape index (κ2) is 8.04. The number of nitrogens with zero attached hydrogens (tertiary/aromatic N) is 1. The summed E-state index contributed by atoms with van der Waals surface area (Å²) in [5.74, 6) is 0.529. The molecule has 0 saturated carbocycles. The summed E-state index contributed by atoms with van der Waals surface area (Å²) < 4.78 is 0. The fraction of sp³-hybridized carbons (Fsp3) is 0.667. The van der Waals surface area contributed by atoms with E-state index in [4.69, 9.17) is 0 Å². The van der Waals surface area contributed by atoms with Gasteiger partial charge in [0.05, 0.1) is 11.2 Å². The van der Waals surface area contributed by atoms with Gasteiger partial charge >= 0.3 is 0 Å². The molecule has 7 heteroatoms. The molecule has 2 heterocycles. The Bertz CT molecular complexity index is 403. The maximum atomic E-state index is 12.1. The van der Waals surface area contributed by atoms with Crippen LogP contribution in [0.3, 0.4) is 0 Å². The first-order valence-electron chi connectivity index (χ1n) is 6.04. The monoisotopic (exact) mass is 325 g/mol. The number of halogens is 2. The van der Waals surface area contributed by atoms with Crippen LogP contribution in [0.2, 0.25) is 0 Å². The van der Waals surface area contributed by atoms with Gasteiger partial charge in [-0.25, -0.2) is 4.98 Å². The quantitative estimate of drug-likeness (QED) is 0.877. The van der Waals surface area contributed by atoms with Crippen molar-refractivity contribution in [2.24, 2.45) is 5.92 Å². The predicted molar refractivity (Wildman–Crippen MR) is 83.8 cm³/mol. The number of aryl methyl sites for hydroxylation is 1. The second-order valence-corrected chi connectivity index (χ2v) is 5.63. The lowest BCUT2D eigenvalue weighted by Gasteiger charge is -2.35. The van der Waals surface area contributed by atoms with Crippen molar-refractivity contribution in [2.75, 3.05) is 6.54 Å². The Morgan fingerprint density at radius 1 is 1.47 bits per heavy atom. The number of hydrogen-bond donors (Lipinski definition) is 2. The zero-order valence-electron chi connectivity index (χ0n) is 11.3. The van der Waals surface area contributed by atoms with Crippen molar-refractivity contribution in [3.63, 3.8) is 0 Å². The van der Waals surface area contributed by atoms with Gasteiger partial charge in [-0.15, -0.1) is 36.2 Å². The highest BCUT2D eigenvalue weighted by Crippen LogP contribution is 2.18. The average molecular weight is 326 g/mol. The van der Waals surface area contributed by atoms with Gasteiger partial charge in [0, 0.05) is 12.1 Å². The molecule has 1 amide bonds. The fourth-order valence-electron chi connectivity index (χ4n) is 2.34. The lowest BCUT2D eigenvalue weighted by atomic mass is 9.89. The summed E-state index contributed by atoms with van der Waals surface area (Å²) >= 11 is 1.41. The third kappa shape index (κ3) is 4.31. The van der Waals surface area contributed by atoms with Crippen molar-refractivity contribution in [1.29, 1.82) is 0 Å². The highest BCUT2D eigenvalue weighted by atomic mass is 35.5. The van der Waals surface area contributed by atoms with Crippen LogP contribution in [-0.4, -0.2) is 29.5 Å². The lowest BCUT2D eigenvalue weighted by molar-refractivity contribution is 0.0901.